The van der Waals surface area contributed by atoms with Gasteiger partial charge in [0.15, 0.2) is 6.29 Å². The van der Waals surface area contributed by atoms with Crippen LogP contribution in [0, 0.1) is 11.8 Å². The molecule has 1 saturated heterocycles. The number of allylic oxidation sites excluding steroid dienone is 2. The van der Waals surface area contributed by atoms with Crippen molar-refractivity contribution in [3.05, 3.63) is 12.2 Å². The van der Waals surface area contributed by atoms with Crippen LogP contribution in [0.1, 0.15) is 58.3 Å². The van der Waals surface area contributed by atoms with Crippen LogP contribution in [-0.2, 0) is 28.5 Å². The van der Waals surface area contributed by atoms with Gasteiger partial charge in [0.25, 0.3) is 0 Å². The van der Waals surface area contributed by atoms with Crippen molar-refractivity contribution in [2.75, 3.05) is 20.3 Å². The molecule has 7 heteroatoms. The number of carbonyl (C=O) groups is 2. The number of unbranched alkanes of at least 4 members (excludes halogenated alkanes) is 1. The lowest BCUT2D eigenvalue weighted by Gasteiger charge is -2.29. The van der Waals surface area contributed by atoms with E-state index < -0.39 is 0 Å². The van der Waals surface area contributed by atoms with E-state index in [0.29, 0.717) is 25.9 Å². The molecule has 1 aliphatic carbocycles. The fourth-order valence-corrected chi connectivity index (χ4v) is 4.07. The molecular weight excluding hydrogens is 364 g/mol. The Morgan fingerprint density at radius 2 is 2.00 bits per heavy atom. The summed E-state index contributed by atoms with van der Waals surface area (Å²) in [4.78, 5) is 22.7. The van der Waals surface area contributed by atoms with E-state index in [0.717, 1.165) is 32.1 Å². The minimum atomic E-state index is -0.316. The average molecular weight is 398 g/mol. The molecule has 1 heterocycles. The van der Waals surface area contributed by atoms with E-state index in [1.807, 2.05) is 12.2 Å². The number of hydrogen-bond acceptors (Lipinski definition) is 7. The van der Waals surface area contributed by atoms with Gasteiger partial charge in [-0.2, -0.15) is 0 Å². The normalized spacial score (nSPS) is 30.5. The summed E-state index contributed by atoms with van der Waals surface area (Å²) in [6.07, 6.45) is 9.53. The third-order valence-electron chi connectivity index (χ3n) is 5.52. The molecular formula is C21H34O7. The topological polar surface area (TPSA) is 91.3 Å². The maximum absolute atomic E-state index is 11.5. The maximum Gasteiger partial charge on any atom is 0.305 e. The molecule has 5 unspecified atom stereocenters. The van der Waals surface area contributed by atoms with Gasteiger partial charge in [-0.25, -0.2) is 0 Å². The third kappa shape index (κ3) is 7.18. The first kappa shape index (κ1) is 22.8. The Morgan fingerprint density at radius 1 is 1.18 bits per heavy atom. The molecule has 0 radical (unpaired) electrons. The highest BCUT2D eigenvalue weighted by Gasteiger charge is 2.45. The zero-order chi connectivity index (χ0) is 20.4. The third-order valence-corrected chi connectivity index (χ3v) is 5.52. The lowest BCUT2D eigenvalue weighted by atomic mass is 9.91. The first-order chi connectivity index (χ1) is 13.5. The Hall–Kier alpha value is -1.44. The van der Waals surface area contributed by atoms with Crippen molar-refractivity contribution in [2.24, 2.45) is 11.8 Å². The first-order valence-corrected chi connectivity index (χ1v) is 10.3. The Labute approximate surface area is 167 Å². The molecule has 0 aromatic rings. The average Bonchev–Trinajstić information content (AvgIpc) is 3.00. The molecule has 1 aliphatic heterocycles. The van der Waals surface area contributed by atoms with Crippen LogP contribution in [0.4, 0.5) is 0 Å². The molecule has 1 N–H and O–H groups in total. The molecule has 2 fully saturated rings. The number of methoxy groups -OCH3 is 1. The second-order valence-electron chi connectivity index (χ2n) is 7.54. The molecule has 160 valence electrons. The van der Waals surface area contributed by atoms with Gasteiger partial charge in [-0.1, -0.05) is 12.2 Å². The van der Waals surface area contributed by atoms with Crippen LogP contribution in [0.2, 0.25) is 0 Å². The van der Waals surface area contributed by atoms with E-state index in [9.17, 15) is 14.7 Å². The van der Waals surface area contributed by atoms with Crippen LogP contribution >= 0.6 is 0 Å². The van der Waals surface area contributed by atoms with E-state index in [4.69, 9.17) is 14.2 Å². The Kier molecular flexibility index (Phi) is 9.95. The SMILES string of the molecule is COC(=O)CCCC=CCC1C(OC(C)=O)CC(OC2CCCCO2)C1CO. The molecule has 7 nitrogen and oxygen atoms in total. The van der Waals surface area contributed by atoms with Gasteiger partial charge in [0.05, 0.1) is 13.2 Å². The van der Waals surface area contributed by atoms with Gasteiger partial charge < -0.3 is 24.1 Å². The van der Waals surface area contributed by atoms with Gasteiger partial charge in [0.1, 0.15) is 6.10 Å². The van der Waals surface area contributed by atoms with Crippen LogP contribution in [0.5, 0.6) is 0 Å². The predicted molar refractivity (Wildman–Crippen MR) is 102 cm³/mol. The number of carbonyl (C=O) groups excluding carboxylic acids is 2. The summed E-state index contributed by atoms with van der Waals surface area (Å²) in [7, 11) is 1.39. The van der Waals surface area contributed by atoms with Crippen LogP contribution in [0.3, 0.4) is 0 Å². The van der Waals surface area contributed by atoms with Gasteiger partial charge in [-0.3, -0.25) is 9.59 Å². The first-order valence-electron chi connectivity index (χ1n) is 10.3. The van der Waals surface area contributed by atoms with Gasteiger partial charge >= 0.3 is 11.9 Å². The van der Waals surface area contributed by atoms with E-state index in [1.165, 1.54) is 14.0 Å². The number of aliphatic hydroxyl groups excluding tert-OH is 1. The lowest BCUT2D eigenvalue weighted by molar-refractivity contribution is -0.198. The van der Waals surface area contributed by atoms with Crippen molar-refractivity contribution in [1.29, 1.82) is 0 Å². The summed E-state index contributed by atoms with van der Waals surface area (Å²) in [6, 6.07) is 0. The summed E-state index contributed by atoms with van der Waals surface area (Å²) in [5, 5.41) is 9.98. The summed E-state index contributed by atoms with van der Waals surface area (Å²) in [6.45, 7) is 2.09. The van der Waals surface area contributed by atoms with Crippen LogP contribution in [0.15, 0.2) is 12.2 Å². The second kappa shape index (κ2) is 12.2. The van der Waals surface area contributed by atoms with Crippen LogP contribution in [0.25, 0.3) is 0 Å². The molecule has 28 heavy (non-hydrogen) atoms. The molecule has 0 amide bonds. The lowest BCUT2D eigenvalue weighted by Crippen LogP contribution is -2.33. The minimum Gasteiger partial charge on any atom is -0.469 e. The smallest absolute Gasteiger partial charge is 0.305 e. The van der Waals surface area contributed by atoms with Crippen molar-refractivity contribution in [2.45, 2.75) is 76.8 Å². The molecule has 0 aromatic heterocycles. The summed E-state index contributed by atoms with van der Waals surface area (Å²) < 4.78 is 22.0. The number of esters is 2. The van der Waals surface area contributed by atoms with Gasteiger partial charge in [-0.05, 0) is 38.5 Å². The highest BCUT2D eigenvalue weighted by molar-refractivity contribution is 5.69. The second-order valence-corrected chi connectivity index (χ2v) is 7.54. The van der Waals surface area contributed by atoms with Crippen LogP contribution in [-0.4, -0.2) is 55.9 Å². The van der Waals surface area contributed by atoms with E-state index >= 15 is 0 Å². The number of rotatable bonds is 10. The van der Waals surface area contributed by atoms with E-state index in [2.05, 4.69) is 4.74 Å². The largest absolute Gasteiger partial charge is 0.469 e. The zero-order valence-electron chi connectivity index (χ0n) is 17.0. The molecule has 5 atom stereocenters. The molecule has 0 aromatic carbocycles. The van der Waals surface area contributed by atoms with Gasteiger partial charge in [-0.15, -0.1) is 0 Å². The number of ether oxygens (including phenoxy) is 4. The Morgan fingerprint density at radius 3 is 2.64 bits per heavy atom. The highest BCUT2D eigenvalue weighted by Crippen LogP contribution is 2.40. The summed E-state index contributed by atoms with van der Waals surface area (Å²) in [5.74, 6) is -0.623. The van der Waals surface area contributed by atoms with E-state index in [1.54, 1.807) is 0 Å². The molecule has 2 rings (SSSR count). The summed E-state index contributed by atoms with van der Waals surface area (Å²) in [5.41, 5.74) is 0. The molecule has 1 saturated carbocycles. The predicted octanol–water partition coefficient (Wildman–Crippen LogP) is 2.75. The maximum atomic E-state index is 11.5. The number of hydrogen-bond donors (Lipinski definition) is 1. The summed E-state index contributed by atoms with van der Waals surface area (Å²) >= 11 is 0. The van der Waals surface area contributed by atoms with Crippen molar-refractivity contribution in [3.8, 4) is 0 Å². The molecule has 0 bridgehead atoms. The molecule has 2 aliphatic rings. The van der Waals surface area contributed by atoms with Crippen molar-refractivity contribution in [3.63, 3.8) is 0 Å². The van der Waals surface area contributed by atoms with E-state index in [-0.39, 0.29) is 48.9 Å². The standard InChI is InChI=1S/C21H34O7/c1-15(23)27-18-13-19(28-21-11-7-8-12-26-21)17(14-22)16(18)9-5-3-4-6-10-20(24)25-2/h3,5,16-19,21-22H,4,6-14H2,1-2H3. The Balaban J connectivity index is 1.91. The van der Waals surface area contributed by atoms with Crippen molar-refractivity contribution < 1.29 is 33.6 Å². The number of aliphatic hydroxyl groups is 1. The minimum absolute atomic E-state index is 0.000604. The van der Waals surface area contributed by atoms with Gasteiger partial charge in [0, 0.05) is 44.8 Å². The fraction of sp³-hybridized carbons (Fsp3) is 0.810. The quantitative estimate of drug-likeness (QED) is 0.344. The zero-order valence-corrected chi connectivity index (χ0v) is 17.0. The van der Waals surface area contributed by atoms with Crippen molar-refractivity contribution in [1.82, 2.24) is 0 Å². The van der Waals surface area contributed by atoms with Crippen LogP contribution < -0.4 is 0 Å². The Bertz CT molecular complexity index is 513. The monoisotopic (exact) mass is 398 g/mol. The highest BCUT2D eigenvalue weighted by atomic mass is 16.7. The van der Waals surface area contributed by atoms with Crippen molar-refractivity contribution >= 4 is 11.9 Å². The molecule has 0 spiro atoms. The van der Waals surface area contributed by atoms with Gasteiger partial charge in [0.2, 0.25) is 0 Å². The fourth-order valence-electron chi connectivity index (χ4n) is 4.07.